The third-order valence-electron chi connectivity index (χ3n) is 2.46. The molecule has 1 aromatic carbocycles. The Morgan fingerprint density at radius 1 is 1.06 bits per heavy atom. The maximum absolute atomic E-state index is 12.7. The Morgan fingerprint density at radius 2 is 1.61 bits per heavy atom. The van der Waals surface area contributed by atoms with Gasteiger partial charge in [0.15, 0.2) is 5.78 Å². The van der Waals surface area contributed by atoms with Crippen LogP contribution < -0.4 is 0 Å². The summed E-state index contributed by atoms with van der Waals surface area (Å²) >= 11 is 0. The minimum absolute atomic E-state index is 0.0348. The van der Waals surface area contributed by atoms with Crippen LogP contribution in [0.15, 0.2) is 23.1 Å². The van der Waals surface area contributed by atoms with Crippen LogP contribution in [0.4, 0.5) is 19.4 Å². The molecule has 1 aromatic rings. The minimum Gasteiger partial charge on any atom is -0.294 e. The first-order valence-electron chi connectivity index (χ1n) is 5.28. The number of carbonyl (C=O) groups excluding carboxylic acids is 1. The molecule has 0 aliphatic rings. The van der Waals surface area contributed by atoms with E-state index >= 15 is 0 Å². The van der Waals surface area contributed by atoms with Crippen molar-refractivity contribution in [2.75, 3.05) is 0 Å². The average molecular weight is 288 g/mol. The molecule has 0 aliphatic carbocycles. The van der Waals surface area contributed by atoms with E-state index in [4.69, 9.17) is 0 Å². The number of ketones is 1. The van der Waals surface area contributed by atoms with Crippen LogP contribution >= 0.6 is 10.2 Å². The molecule has 0 saturated heterocycles. The molecule has 0 aromatic heterocycles. The Bertz CT molecular complexity index is 491. The van der Waals surface area contributed by atoms with E-state index in [1.807, 2.05) is 0 Å². The van der Waals surface area contributed by atoms with E-state index in [0.29, 0.717) is 6.07 Å². The number of Topliss-reactive ketones (excluding diaryl/α,β-unsaturated/α-hetero) is 1. The first-order valence-corrected chi connectivity index (χ1v) is 7.23. The van der Waals surface area contributed by atoms with Crippen molar-refractivity contribution < 1.29 is 24.2 Å². The predicted molar refractivity (Wildman–Crippen MR) is 61.8 cm³/mol. The molecule has 7 heteroatoms. The molecule has 0 radical (unpaired) electrons. The predicted octanol–water partition coefficient (Wildman–Crippen LogP) is 5.50. The van der Waals surface area contributed by atoms with Gasteiger partial charge in [0, 0.05) is 12.0 Å². The lowest BCUT2D eigenvalue weighted by atomic mass is 10.0. The zero-order valence-corrected chi connectivity index (χ0v) is 10.7. The van der Waals surface area contributed by atoms with Crippen LogP contribution in [0.3, 0.4) is 0 Å². The Morgan fingerprint density at radius 3 is 2.00 bits per heavy atom. The molecule has 0 aliphatic heterocycles. The van der Waals surface area contributed by atoms with Crippen LogP contribution in [-0.2, 0) is 6.42 Å². The normalized spacial score (nSPS) is 15.9. The largest absolute Gasteiger partial charge is 0.310 e. The molecule has 1 rings (SSSR count). The highest BCUT2D eigenvalue weighted by Gasteiger charge is 2.65. The second-order valence-electron chi connectivity index (χ2n) is 3.96. The zero-order chi connectivity index (χ0) is 14.3. The number of hydrogen-bond acceptors (Lipinski definition) is 1. The summed E-state index contributed by atoms with van der Waals surface area (Å²) in [5.41, 5.74) is -0.252. The minimum atomic E-state index is -9.73. The van der Waals surface area contributed by atoms with Gasteiger partial charge in [-0.1, -0.05) is 33.3 Å². The van der Waals surface area contributed by atoms with Crippen LogP contribution in [0.1, 0.15) is 36.2 Å². The van der Waals surface area contributed by atoms with Crippen molar-refractivity contribution in [2.45, 2.75) is 31.6 Å². The summed E-state index contributed by atoms with van der Waals surface area (Å²) < 4.78 is 63.5. The molecule has 0 amide bonds. The summed E-state index contributed by atoms with van der Waals surface area (Å²) in [5, 5.41) is 0. The van der Waals surface area contributed by atoms with Gasteiger partial charge < -0.3 is 0 Å². The van der Waals surface area contributed by atoms with Gasteiger partial charge >= 0.3 is 10.2 Å². The summed E-state index contributed by atoms with van der Waals surface area (Å²) in [5.74, 6) is -0.589. The van der Waals surface area contributed by atoms with Gasteiger partial charge in [0.05, 0.1) is 0 Å². The Kier molecular flexibility index (Phi) is 3.07. The van der Waals surface area contributed by atoms with E-state index in [2.05, 4.69) is 0 Å². The number of hydrogen-bond donors (Lipinski definition) is 0. The highest BCUT2D eigenvalue weighted by Crippen LogP contribution is 3.02. The molecule has 0 fully saturated rings. The molecule has 0 saturated carbocycles. The van der Waals surface area contributed by atoms with Crippen molar-refractivity contribution in [1.82, 2.24) is 0 Å². The lowest BCUT2D eigenvalue weighted by Gasteiger charge is -2.40. The van der Waals surface area contributed by atoms with Crippen molar-refractivity contribution in [3.8, 4) is 0 Å². The van der Waals surface area contributed by atoms with E-state index < -0.39 is 20.9 Å². The fourth-order valence-electron chi connectivity index (χ4n) is 1.45. The highest BCUT2D eigenvalue weighted by molar-refractivity contribution is 8.45. The molecular formula is C11H13F5OS. The molecule has 18 heavy (non-hydrogen) atoms. The first kappa shape index (κ1) is 14.9. The summed E-state index contributed by atoms with van der Waals surface area (Å²) in [4.78, 5) is 9.38. The molecule has 0 bridgehead atoms. The maximum Gasteiger partial charge on any atom is 0.310 e. The van der Waals surface area contributed by atoms with E-state index in [1.165, 1.54) is 19.9 Å². The van der Waals surface area contributed by atoms with Gasteiger partial charge in [0.2, 0.25) is 0 Å². The van der Waals surface area contributed by atoms with E-state index in [9.17, 15) is 24.2 Å². The van der Waals surface area contributed by atoms with E-state index in [1.54, 1.807) is 0 Å². The maximum atomic E-state index is 12.7. The number of carbonyl (C=O) groups is 1. The molecule has 0 atom stereocenters. The van der Waals surface area contributed by atoms with Gasteiger partial charge in [-0.25, -0.2) is 0 Å². The standard InChI is InChI=1S/C11H13F5OS/c1-3-8-5-9(11(17)4-2)7-10(6-8)18(12,13,14,15)16/h5-7H,3-4H2,1-2H3. The van der Waals surface area contributed by atoms with Crippen molar-refractivity contribution >= 4 is 16.0 Å². The van der Waals surface area contributed by atoms with Crippen molar-refractivity contribution in [3.63, 3.8) is 0 Å². The van der Waals surface area contributed by atoms with Crippen molar-refractivity contribution in [1.29, 1.82) is 0 Å². The van der Waals surface area contributed by atoms with Crippen molar-refractivity contribution in [2.24, 2.45) is 0 Å². The second kappa shape index (κ2) is 3.69. The van der Waals surface area contributed by atoms with Crippen LogP contribution in [0.25, 0.3) is 0 Å². The Hall–Kier alpha value is -1.11. The second-order valence-corrected chi connectivity index (χ2v) is 6.37. The number of benzene rings is 1. The van der Waals surface area contributed by atoms with Crippen LogP contribution in [0.2, 0.25) is 0 Å². The lowest BCUT2D eigenvalue weighted by Crippen LogP contribution is -2.09. The smallest absolute Gasteiger partial charge is 0.294 e. The summed E-state index contributed by atoms with van der Waals surface area (Å²) in [7, 11) is -9.73. The zero-order valence-electron chi connectivity index (χ0n) is 9.85. The van der Waals surface area contributed by atoms with Crippen LogP contribution in [0.5, 0.6) is 0 Å². The average Bonchev–Trinajstić information content (AvgIpc) is 2.24. The lowest BCUT2D eigenvalue weighted by molar-refractivity contribution is 0.0988. The molecule has 0 unspecified atom stereocenters. The SMILES string of the molecule is CCC(=O)c1cc(CC)cc(S(F)(F)(F)(F)F)c1. The van der Waals surface area contributed by atoms with Crippen LogP contribution in [0, 0.1) is 0 Å². The van der Waals surface area contributed by atoms with Gasteiger partial charge in [-0.3, -0.25) is 4.79 Å². The van der Waals surface area contributed by atoms with Gasteiger partial charge in [0.25, 0.3) is 0 Å². The molecular weight excluding hydrogens is 275 g/mol. The molecule has 0 spiro atoms. The Balaban J connectivity index is 3.54. The Labute approximate surface area is 102 Å². The van der Waals surface area contributed by atoms with E-state index in [-0.39, 0.29) is 30.0 Å². The molecule has 1 nitrogen and oxygen atoms in total. The third kappa shape index (κ3) is 3.44. The number of aryl methyl sites for hydroxylation is 1. The monoisotopic (exact) mass is 288 g/mol. The van der Waals surface area contributed by atoms with Gasteiger partial charge in [0.1, 0.15) is 4.90 Å². The topological polar surface area (TPSA) is 17.1 Å². The van der Waals surface area contributed by atoms with Gasteiger partial charge in [-0.2, -0.15) is 0 Å². The fourth-order valence-corrected chi connectivity index (χ4v) is 2.18. The summed E-state index contributed by atoms with van der Waals surface area (Å²) in [6.07, 6.45) is 0.110. The molecule has 0 heterocycles. The summed E-state index contributed by atoms with van der Waals surface area (Å²) in [6.45, 7) is 2.99. The first-order chi connectivity index (χ1) is 7.87. The van der Waals surface area contributed by atoms with Crippen LogP contribution in [-0.4, -0.2) is 5.78 Å². The summed E-state index contributed by atoms with van der Waals surface area (Å²) in [6, 6.07) is 1.87. The number of halogens is 5. The van der Waals surface area contributed by atoms with E-state index in [0.717, 1.165) is 0 Å². The highest BCUT2D eigenvalue weighted by atomic mass is 32.5. The fraction of sp³-hybridized carbons (Fsp3) is 0.364. The van der Waals surface area contributed by atoms with Gasteiger partial charge in [-0.15, -0.1) is 0 Å². The third-order valence-corrected chi connectivity index (χ3v) is 3.59. The quantitative estimate of drug-likeness (QED) is 0.528. The number of rotatable bonds is 4. The molecule has 104 valence electrons. The molecule has 0 N–H and O–H groups in total. The van der Waals surface area contributed by atoms with Gasteiger partial charge in [-0.05, 0) is 30.2 Å². The van der Waals surface area contributed by atoms with Crippen molar-refractivity contribution in [3.05, 3.63) is 29.3 Å².